The smallest absolute Gasteiger partial charge is 0.121 e. The molecule has 19 heavy (non-hydrogen) atoms. The number of hydrogen-bond acceptors (Lipinski definition) is 3. The van der Waals surface area contributed by atoms with Crippen LogP contribution in [0.3, 0.4) is 0 Å². The predicted octanol–water partition coefficient (Wildman–Crippen LogP) is 2.77. The van der Waals surface area contributed by atoms with Crippen LogP contribution in [-0.2, 0) is 6.54 Å². The van der Waals surface area contributed by atoms with Crippen LogP contribution in [0.2, 0.25) is 0 Å². The Morgan fingerprint density at radius 1 is 1.42 bits per heavy atom. The first kappa shape index (κ1) is 12.5. The molecular weight excluding hydrogens is 236 g/mol. The Kier molecular flexibility index (Phi) is 3.19. The molecule has 1 saturated heterocycles. The van der Waals surface area contributed by atoms with Gasteiger partial charge in [-0.25, -0.2) is 4.98 Å². The lowest BCUT2D eigenvalue weighted by Crippen LogP contribution is -2.39. The Labute approximate surface area is 114 Å². The topological polar surface area (TPSA) is 57.9 Å². The third kappa shape index (κ3) is 2.59. The standard InChI is InChI=1S/C15H22N4/c1-10-5-6-19(11(2)7-10)9-15-17-13-4-3-12(16)8-14(13)18-15/h3-4,8,10-11H,5-7,9,16H2,1-2H3,(H,17,18). The van der Waals surface area contributed by atoms with E-state index in [1.165, 1.54) is 19.4 Å². The summed E-state index contributed by atoms with van der Waals surface area (Å²) in [5.41, 5.74) is 8.61. The Bertz CT molecular complexity index is 575. The Morgan fingerprint density at radius 3 is 3.05 bits per heavy atom. The highest BCUT2D eigenvalue weighted by Gasteiger charge is 2.23. The number of benzene rings is 1. The summed E-state index contributed by atoms with van der Waals surface area (Å²) < 4.78 is 0. The van der Waals surface area contributed by atoms with Crippen molar-refractivity contribution in [3.63, 3.8) is 0 Å². The summed E-state index contributed by atoms with van der Waals surface area (Å²) in [6, 6.07) is 6.47. The van der Waals surface area contributed by atoms with Gasteiger partial charge in [-0.3, -0.25) is 4.90 Å². The predicted molar refractivity (Wildman–Crippen MR) is 78.8 cm³/mol. The van der Waals surface area contributed by atoms with Crippen molar-refractivity contribution >= 4 is 16.7 Å². The normalized spacial score (nSPS) is 24.9. The second-order valence-corrected chi connectivity index (χ2v) is 5.91. The summed E-state index contributed by atoms with van der Waals surface area (Å²) in [5, 5.41) is 0. The molecule has 1 aliphatic heterocycles. The van der Waals surface area contributed by atoms with E-state index in [0.717, 1.165) is 35.0 Å². The van der Waals surface area contributed by atoms with E-state index >= 15 is 0 Å². The molecule has 0 aliphatic carbocycles. The van der Waals surface area contributed by atoms with Gasteiger partial charge in [0.05, 0.1) is 17.6 Å². The molecule has 2 unspecified atom stereocenters. The van der Waals surface area contributed by atoms with Crippen LogP contribution in [0.4, 0.5) is 5.69 Å². The Balaban J connectivity index is 1.77. The number of aromatic amines is 1. The van der Waals surface area contributed by atoms with E-state index in [2.05, 4.69) is 28.7 Å². The van der Waals surface area contributed by atoms with Gasteiger partial charge in [0.2, 0.25) is 0 Å². The summed E-state index contributed by atoms with van der Waals surface area (Å²) in [5.74, 6) is 1.89. The van der Waals surface area contributed by atoms with Gasteiger partial charge in [-0.1, -0.05) is 6.92 Å². The molecule has 1 aromatic carbocycles. The zero-order valence-corrected chi connectivity index (χ0v) is 11.7. The average Bonchev–Trinajstić information content (AvgIpc) is 2.74. The molecule has 1 aromatic heterocycles. The number of hydrogen-bond donors (Lipinski definition) is 2. The van der Waals surface area contributed by atoms with Crippen LogP contribution in [0.5, 0.6) is 0 Å². The largest absolute Gasteiger partial charge is 0.399 e. The summed E-state index contributed by atoms with van der Waals surface area (Å²) in [7, 11) is 0. The number of nitrogens with two attached hydrogens (primary N) is 1. The van der Waals surface area contributed by atoms with E-state index in [1.54, 1.807) is 0 Å². The monoisotopic (exact) mass is 258 g/mol. The summed E-state index contributed by atoms with van der Waals surface area (Å²) in [4.78, 5) is 10.5. The number of anilines is 1. The maximum absolute atomic E-state index is 5.80. The van der Waals surface area contributed by atoms with Gasteiger partial charge in [0.15, 0.2) is 0 Å². The molecule has 0 amide bonds. The van der Waals surface area contributed by atoms with Crippen molar-refractivity contribution in [3.05, 3.63) is 24.0 Å². The van der Waals surface area contributed by atoms with Gasteiger partial charge in [0.1, 0.15) is 5.82 Å². The molecule has 1 fully saturated rings. The van der Waals surface area contributed by atoms with E-state index < -0.39 is 0 Å². The van der Waals surface area contributed by atoms with E-state index in [-0.39, 0.29) is 0 Å². The van der Waals surface area contributed by atoms with E-state index in [9.17, 15) is 0 Å². The van der Waals surface area contributed by atoms with Crippen molar-refractivity contribution in [3.8, 4) is 0 Å². The lowest BCUT2D eigenvalue weighted by Gasteiger charge is -2.35. The molecule has 0 spiro atoms. The summed E-state index contributed by atoms with van der Waals surface area (Å²) in [6.45, 7) is 6.73. The molecule has 2 atom stereocenters. The van der Waals surface area contributed by atoms with Gasteiger partial charge in [0.25, 0.3) is 0 Å². The highest BCUT2D eigenvalue weighted by atomic mass is 15.2. The molecule has 2 aromatic rings. The van der Waals surface area contributed by atoms with Gasteiger partial charge in [-0.2, -0.15) is 0 Å². The highest BCUT2D eigenvalue weighted by molar-refractivity contribution is 5.78. The third-order valence-electron chi connectivity index (χ3n) is 4.18. The maximum atomic E-state index is 5.80. The molecule has 0 bridgehead atoms. The first-order chi connectivity index (χ1) is 9.11. The molecule has 102 valence electrons. The second-order valence-electron chi connectivity index (χ2n) is 5.91. The van der Waals surface area contributed by atoms with Gasteiger partial charge in [0, 0.05) is 11.7 Å². The third-order valence-corrected chi connectivity index (χ3v) is 4.18. The molecule has 3 N–H and O–H groups in total. The number of imidazole rings is 1. The minimum absolute atomic E-state index is 0.641. The van der Waals surface area contributed by atoms with E-state index in [1.807, 2.05) is 18.2 Å². The van der Waals surface area contributed by atoms with Gasteiger partial charge in [-0.15, -0.1) is 0 Å². The van der Waals surface area contributed by atoms with E-state index in [4.69, 9.17) is 5.73 Å². The number of nitrogens with one attached hydrogen (secondary N) is 1. The number of nitrogens with zero attached hydrogens (tertiary/aromatic N) is 2. The quantitative estimate of drug-likeness (QED) is 0.814. The average molecular weight is 258 g/mol. The Morgan fingerprint density at radius 2 is 2.26 bits per heavy atom. The first-order valence-electron chi connectivity index (χ1n) is 7.10. The lowest BCUT2D eigenvalue weighted by molar-refractivity contribution is 0.119. The van der Waals surface area contributed by atoms with Crippen LogP contribution < -0.4 is 5.73 Å². The van der Waals surface area contributed by atoms with Crippen LogP contribution in [0.25, 0.3) is 11.0 Å². The molecular formula is C15H22N4. The number of piperidine rings is 1. The van der Waals surface area contributed by atoms with Crippen LogP contribution in [0, 0.1) is 5.92 Å². The fourth-order valence-corrected chi connectivity index (χ4v) is 3.04. The van der Waals surface area contributed by atoms with Crippen molar-refractivity contribution < 1.29 is 0 Å². The number of rotatable bonds is 2. The van der Waals surface area contributed by atoms with Gasteiger partial charge >= 0.3 is 0 Å². The van der Waals surface area contributed by atoms with Crippen LogP contribution in [0.1, 0.15) is 32.5 Å². The highest BCUT2D eigenvalue weighted by Crippen LogP contribution is 2.24. The minimum Gasteiger partial charge on any atom is -0.399 e. The zero-order valence-electron chi connectivity index (χ0n) is 11.7. The molecule has 1 aliphatic rings. The molecule has 0 saturated carbocycles. The molecule has 0 radical (unpaired) electrons. The van der Waals surface area contributed by atoms with Crippen LogP contribution >= 0.6 is 0 Å². The fourth-order valence-electron chi connectivity index (χ4n) is 3.04. The number of H-pyrrole nitrogens is 1. The Hall–Kier alpha value is -1.55. The van der Waals surface area contributed by atoms with Crippen LogP contribution in [-0.4, -0.2) is 27.5 Å². The van der Waals surface area contributed by atoms with Crippen molar-refractivity contribution in [2.24, 2.45) is 5.92 Å². The number of likely N-dealkylation sites (tertiary alicyclic amines) is 1. The molecule has 4 heteroatoms. The first-order valence-corrected chi connectivity index (χ1v) is 7.10. The summed E-state index contributed by atoms with van der Waals surface area (Å²) in [6.07, 6.45) is 2.57. The minimum atomic E-state index is 0.641. The zero-order chi connectivity index (χ0) is 13.4. The summed E-state index contributed by atoms with van der Waals surface area (Å²) >= 11 is 0. The van der Waals surface area contributed by atoms with E-state index in [0.29, 0.717) is 6.04 Å². The van der Waals surface area contributed by atoms with Crippen LogP contribution in [0.15, 0.2) is 18.2 Å². The fraction of sp³-hybridized carbons (Fsp3) is 0.533. The molecule has 3 rings (SSSR count). The number of nitrogen functional groups attached to an aromatic ring is 1. The van der Waals surface area contributed by atoms with Crippen molar-refractivity contribution in [1.82, 2.24) is 14.9 Å². The van der Waals surface area contributed by atoms with Crippen molar-refractivity contribution in [1.29, 1.82) is 0 Å². The SMILES string of the molecule is CC1CCN(Cc2nc3ccc(N)cc3[nH]2)C(C)C1. The van der Waals surface area contributed by atoms with Crippen molar-refractivity contribution in [2.45, 2.75) is 39.3 Å². The second kappa shape index (κ2) is 4.85. The number of aromatic nitrogens is 2. The number of fused-ring (bicyclic) bond motifs is 1. The van der Waals surface area contributed by atoms with Crippen molar-refractivity contribution in [2.75, 3.05) is 12.3 Å². The molecule has 2 heterocycles. The molecule has 4 nitrogen and oxygen atoms in total. The van der Waals surface area contributed by atoms with Gasteiger partial charge < -0.3 is 10.7 Å². The maximum Gasteiger partial charge on any atom is 0.121 e. The lowest BCUT2D eigenvalue weighted by atomic mass is 9.93. The van der Waals surface area contributed by atoms with Gasteiger partial charge in [-0.05, 0) is 50.4 Å².